The first-order valence-corrected chi connectivity index (χ1v) is 12.8. The zero-order valence-corrected chi connectivity index (χ0v) is 21.2. The molecule has 1 aliphatic heterocycles. The van der Waals surface area contributed by atoms with Gasteiger partial charge in [0.2, 0.25) is 0 Å². The van der Waals surface area contributed by atoms with Crippen molar-refractivity contribution in [3.8, 4) is 5.75 Å². The van der Waals surface area contributed by atoms with Crippen molar-refractivity contribution in [1.29, 1.82) is 0 Å². The maximum absolute atomic E-state index is 14.5. The van der Waals surface area contributed by atoms with Gasteiger partial charge in [-0.05, 0) is 65.9 Å². The van der Waals surface area contributed by atoms with E-state index in [-0.39, 0.29) is 30.1 Å². The van der Waals surface area contributed by atoms with Crippen molar-refractivity contribution < 1.29 is 18.3 Å². The highest BCUT2D eigenvalue weighted by molar-refractivity contribution is 5.80. The highest BCUT2D eigenvalue weighted by Crippen LogP contribution is 2.38. The summed E-state index contributed by atoms with van der Waals surface area (Å²) in [6, 6.07) is 29.0. The topological polar surface area (TPSA) is 41.6 Å². The molecule has 1 heterocycles. The summed E-state index contributed by atoms with van der Waals surface area (Å²) in [7, 11) is 0. The van der Waals surface area contributed by atoms with Gasteiger partial charge in [0.15, 0.2) is 6.10 Å². The molecule has 0 aliphatic carbocycles. The lowest BCUT2D eigenvalue weighted by molar-refractivity contribution is -0.127. The van der Waals surface area contributed by atoms with E-state index in [1.54, 1.807) is 25.1 Å². The first-order valence-electron chi connectivity index (χ1n) is 12.8. The third kappa shape index (κ3) is 5.92. The SMILES string of the molecule is CC(Oc1ccc2c(c1)C(c1ccccc1)N(Cc1ccccc1F)CC2)C(=O)NCc1ccc(F)cc1. The fraction of sp³-hybridized carbons (Fsp3) is 0.219. The zero-order chi connectivity index (χ0) is 26.5. The molecule has 2 atom stereocenters. The Morgan fingerprint density at radius 1 is 0.974 bits per heavy atom. The predicted molar refractivity (Wildman–Crippen MR) is 144 cm³/mol. The van der Waals surface area contributed by atoms with Crippen molar-refractivity contribution in [2.45, 2.75) is 38.6 Å². The minimum atomic E-state index is -0.721. The number of benzene rings is 4. The minimum Gasteiger partial charge on any atom is -0.481 e. The molecular weight excluding hydrogens is 482 g/mol. The van der Waals surface area contributed by atoms with Gasteiger partial charge < -0.3 is 10.1 Å². The molecule has 0 saturated carbocycles. The Morgan fingerprint density at radius 2 is 1.71 bits per heavy atom. The number of carbonyl (C=O) groups excluding carboxylic acids is 1. The summed E-state index contributed by atoms with van der Waals surface area (Å²) in [6.45, 7) is 3.28. The van der Waals surface area contributed by atoms with E-state index < -0.39 is 6.10 Å². The summed E-state index contributed by atoms with van der Waals surface area (Å²) >= 11 is 0. The number of hydrogen-bond acceptors (Lipinski definition) is 3. The van der Waals surface area contributed by atoms with Crippen LogP contribution >= 0.6 is 0 Å². The maximum Gasteiger partial charge on any atom is 0.261 e. The molecule has 194 valence electrons. The number of fused-ring (bicyclic) bond motifs is 1. The number of ether oxygens (including phenoxy) is 1. The molecule has 0 spiro atoms. The maximum atomic E-state index is 14.5. The molecule has 0 fully saturated rings. The van der Waals surface area contributed by atoms with Crippen LogP contribution in [0.3, 0.4) is 0 Å². The molecule has 4 aromatic rings. The molecule has 38 heavy (non-hydrogen) atoms. The quantitative estimate of drug-likeness (QED) is 0.306. The van der Waals surface area contributed by atoms with Crippen LogP contribution in [0.1, 0.15) is 40.8 Å². The largest absolute Gasteiger partial charge is 0.481 e. The van der Waals surface area contributed by atoms with E-state index in [1.807, 2.05) is 42.5 Å². The van der Waals surface area contributed by atoms with Crippen molar-refractivity contribution in [3.05, 3.63) is 137 Å². The van der Waals surface area contributed by atoms with E-state index >= 15 is 0 Å². The monoisotopic (exact) mass is 512 g/mol. The molecule has 1 N–H and O–H groups in total. The molecule has 0 radical (unpaired) electrons. The van der Waals surface area contributed by atoms with E-state index in [4.69, 9.17) is 4.74 Å². The lowest BCUT2D eigenvalue weighted by atomic mass is 9.87. The lowest BCUT2D eigenvalue weighted by Gasteiger charge is -2.38. The Morgan fingerprint density at radius 3 is 2.47 bits per heavy atom. The Balaban J connectivity index is 1.35. The van der Waals surface area contributed by atoms with Crippen LogP contribution in [0.25, 0.3) is 0 Å². The van der Waals surface area contributed by atoms with Gasteiger partial charge in [0.05, 0.1) is 6.04 Å². The summed E-state index contributed by atoms with van der Waals surface area (Å²) in [6.07, 6.45) is 0.114. The number of nitrogens with one attached hydrogen (secondary N) is 1. The summed E-state index contributed by atoms with van der Waals surface area (Å²) < 4.78 is 33.7. The zero-order valence-electron chi connectivity index (χ0n) is 21.2. The second-order valence-corrected chi connectivity index (χ2v) is 9.59. The Bertz CT molecular complexity index is 1390. The van der Waals surface area contributed by atoms with Gasteiger partial charge in [0.1, 0.15) is 17.4 Å². The number of carbonyl (C=O) groups is 1. The van der Waals surface area contributed by atoms with Gasteiger partial charge in [-0.3, -0.25) is 9.69 Å². The van der Waals surface area contributed by atoms with E-state index in [0.717, 1.165) is 29.7 Å². The third-order valence-electron chi connectivity index (χ3n) is 6.95. The van der Waals surface area contributed by atoms with E-state index in [9.17, 15) is 13.6 Å². The van der Waals surface area contributed by atoms with Gasteiger partial charge in [-0.25, -0.2) is 8.78 Å². The average Bonchev–Trinajstić information content (AvgIpc) is 2.94. The number of rotatable bonds is 8. The molecule has 1 amide bonds. The van der Waals surface area contributed by atoms with E-state index in [1.165, 1.54) is 23.8 Å². The molecule has 5 rings (SSSR count). The van der Waals surface area contributed by atoms with Crippen LogP contribution in [0.2, 0.25) is 0 Å². The fourth-order valence-electron chi connectivity index (χ4n) is 4.95. The Hall–Kier alpha value is -4.03. The fourth-order valence-corrected chi connectivity index (χ4v) is 4.95. The molecule has 0 aromatic heterocycles. The van der Waals surface area contributed by atoms with Gasteiger partial charge in [-0.1, -0.05) is 66.7 Å². The number of halogens is 2. The average molecular weight is 513 g/mol. The molecule has 4 aromatic carbocycles. The normalized spacial score (nSPS) is 15.9. The van der Waals surface area contributed by atoms with Crippen LogP contribution in [-0.4, -0.2) is 23.5 Å². The van der Waals surface area contributed by atoms with Crippen LogP contribution in [0.4, 0.5) is 8.78 Å². The van der Waals surface area contributed by atoms with Gasteiger partial charge in [-0.15, -0.1) is 0 Å². The van der Waals surface area contributed by atoms with Crippen LogP contribution in [0, 0.1) is 11.6 Å². The first kappa shape index (κ1) is 25.6. The van der Waals surface area contributed by atoms with Crippen molar-refractivity contribution >= 4 is 5.91 Å². The number of nitrogens with zero attached hydrogens (tertiary/aromatic N) is 1. The van der Waals surface area contributed by atoms with E-state index in [0.29, 0.717) is 17.9 Å². The first-order chi connectivity index (χ1) is 18.5. The smallest absolute Gasteiger partial charge is 0.261 e. The van der Waals surface area contributed by atoms with Gasteiger partial charge in [0, 0.05) is 25.2 Å². The van der Waals surface area contributed by atoms with Crippen molar-refractivity contribution in [3.63, 3.8) is 0 Å². The number of amides is 1. The standard InChI is InChI=1S/C32H30F2N2O2/c1-22(32(37)35-20-23-11-14-27(33)15-12-23)38-28-16-13-24-17-18-36(21-26-9-5-6-10-30(26)34)31(29(24)19-28)25-7-3-2-4-8-25/h2-16,19,22,31H,17-18,20-21H2,1H3,(H,35,37). The number of hydrogen-bond donors (Lipinski definition) is 1. The Kier molecular flexibility index (Phi) is 7.80. The molecule has 6 heteroatoms. The van der Waals surface area contributed by atoms with Crippen molar-refractivity contribution in [1.82, 2.24) is 10.2 Å². The van der Waals surface area contributed by atoms with Crippen LogP contribution in [-0.2, 0) is 24.3 Å². The van der Waals surface area contributed by atoms with Crippen molar-refractivity contribution in [2.24, 2.45) is 0 Å². The lowest BCUT2D eigenvalue weighted by Crippen LogP contribution is -2.37. The Labute approximate surface area is 221 Å². The second-order valence-electron chi connectivity index (χ2n) is 9.59. The highest BCUT2D eigenvalue weighted by Gasteiger charge is 2.30. The van der Waals surface area contributed by atoms with E-state index in [2.05, 4.69) is 28.4 Å². The summed E-state index contributed by atoms with van der Waals surface area (Å²) in [5.74, 6) is -0.178. The van der Waals surface area contributed by atoms with Crippen LogP contribution in [0.15, 0.2) is 97.1 Å². The van der Waals surface area contributed by atoms with Gasteiger partial charge in [0.25, 0.3) is 5.91 Å². The molecule has 4 nitrogen and oxygen atoms in total. The molecule has 1 aliphatic rings. The third-order valence-corrected chi connectivity index (χ3v) is 6.95. The second kappa shape index (κ2) is 11.6. The molecular formula is C32H30F2N2O2. The predicted octanol–water partition coefficient (Wildman–Crippen LogP) is 6.20. The highest BCUT2D eigenvalue weighted by atomic mass is 19.1. The van der Waals surface area contributed by atoms with Gasteiger partial charge in [-0.2, -0.15) is 0 Å². The summed E-state index contributed by atoms with van der Waals surface area (Å²) in [5, 5.41) is 2.84. The minimum absolute atomic E-state index is 0.0780. The van der Waals surface area contributed by atoms with Crippen molar-refractivity contribution in [2.75, 3.05) is 6.54 Å². The summed E-state index contributed by atoms with van der Waals surface area (Å²) in [5.41, 5.74) is 4.89. The van der Waals surface area contributed by atoms with Gasteiger partial charge >= 0.3 is 0 Å². The molecule has 2 unspecified atom stereocenters. The van der Waals surface area contributed by atoms with Crippen LogP contribution in [0.5, 0.6) is 5.75 Å². The summed E-state index contributed by atoms with van der Waals surface area (Å²) in [4.78, 5) is 15.0. The van der Waals surface area contributed by atoms with Crippen LogP contribution < -0.4 is 10.1 Å². The molecule has 0 saturated heterocycles. The molecule has 0 bridgehead atoms.